The lowest BCUT2D eigenvalue weighted by atomic mass is 9.92. The first-order valence-electron chi connectivity index (χ1n) is 6.09. The van der Waals surface area contributed by atoms with E-state index in [-0.39, 0.29) is 0 Å². The van der Waals surface area contributed by atoms with Crippen molar-refractivity contribution in [2.75, 3.05) is 5.73 Å². The van der Waals surface area contributed by atoms with E-state index in [2.05, 4.69) is 49.4 Å². The van der Waals surface area contributed by atoms with Crippen LogP contribution in [0.5, 0.6) is 0 Å². The topological polar surface area (TPSA) is 43.8 Å². The molecule has 0 fully saturated rings. The number of benzene rings is 1. The van der Waals surface area contributed by atoms with Gasteiger partial charge in [0.1, 0.15) is 0 Å². The Balaban J connectivity index is 2.38. The Morgan fingerprint density at radius 1 is 1.29 bits per heavy atom. The van der Waals surface area contributed by atoms with Gasteiger partial charge in [0, 0.05) is 6.54 Å². The number of fused-ring (bicyclic) bond motifs is 1. The average Bonchev–Trinajstić information content (AvgIpc) is 2.49. The summed E-state index contributed by atoms with van der Waals surface area (Å²) in [5, 5.41) is 0. The first kappa shape index (κ1) is 12.0. The zero-order chi connectivity index (χ0) is 12.6. The van der Waals surface area contributed by atoms with Crippen molar-refractivity contribution in [1.29, 1.82) is 0 Å². The Labute approximate surface area is 103 Å². The highest BCUT2D eigenvalue weighted by Gasteiger charge is 2.13. The third-order valence-electron chi connectivity index (χ3n) is 3.02. The second-order valence-electron chi connectivity index (χ2n) is 5.92. The molecule has 92 valence electrons. The number of hydrogen-bond acceptors (Lipinski definition) is 2. The Kier molecular flexibility index (Phi) is 2.86. The lowest BCUT2D eigenvalue weighted by Crippen LogP contribution is -2.12. The van der Waals surface area contributed by atoms with E-state index in [1.807, 2.05) is 6.07 Å². The van der Waals surface area contributed by atoms with Crippen molar-refractivity contribution in [2.24, 2.45) is 5.41 Å². The summed E-state index contributed by atoms with van der Waals surface area (Å²) in [4.78, 5) is 4.40. The second-order valence-corrected chi connectivity index (χ2v) is 5.92. The maximum Gasteiger partial charge on any atom is 0.201 e. The molecular formula is C14H21N3. The molecule has 0 aliphatic heterocycles. The van der Waals surface area contributed by atoms with Crippen LogP contribution in [-0.2, 0) is 6.54 Å². The van der Waals surface area contributed by atoms with Crippen LogP contribution in [0.15, 0.2) is 18.2 Å². The monoisotopic (exact) mass is 231 g/mol. The van der Waals surface area contributed by atoms with Gasteiger partial charge in [-0.2, -0.15) is 0 Å². The minimum absolute atomic E-state index is 0.312. The molecule has 0 spiro atoms. The van der Waals surface area contributed by atoms with Gasteiger partial charge in [-0.1, -0.05) is 26.8 Å². The molecule has 1 heterocycles. The molecular weight excluding hydrogens is 210 g/mol. The van der Waals surface area contributed by atoms with Crippen molar-refractivity contribution in [1.82, 2.24) is 9.55 Å². The summed E-state index contributed by atoms with van der Waals surface area (Å²) in [7, 11) is 0. The summed E-state index contributed by atoms with van der Waals surface area (Å²) in [6.07, 6.45) is 1.09. The number of nitrogens with two attached hydrogens (primary N) is 1. The van der Waals surface area contributed by atoms with Gasteiger partial charge in [0.25, 0.3) is 0 Å². The highest BCUT2D eigenvalue weighted by Crippen LogP contribution is 2.24. The molecule has 2 rings (SSSR count). The van der Waals surface area contributed by atoms with Crippen LogP contribution in [0.4, 0.5) is 5.95 Å². The summed E-state index contributed by atoms with van der Waals surface area (Å²) >= 11 is 0. The van der Waals surface area contributed by atoms with Crippen LogP contribution in [0.2, 0.25) is 0 Å². The summed E-state index contributed by atoms with van der Waals surface area (Å²) in [6, 6.07) is 6.26. The minimum atomic E-state index is 0.312. The third kappa shape index (κ3) is 2.60. The van der Waals surface area contributed by atoms with Crippen molar-refractivity contribution in [2.45, 2.75) is 40.7 Å². The quantitative estimate of drug-likeness (QED) is 0.861. The fourth-order valence-corrected chi connectivity index (χ4v) is 1.93. The maximum absolute atomic E-state index is 5.98. The third-order valence-corrected chi connectivity index (χ3v) is 3.02. The van der Waals surface area contributed by atoms with E-state index in [1.165, 1.54) is 5.56 Å². The van der Waals surface area contributed by atoms with Crippen LogP contribution in [0, 0.1) is 12.3 Å². The van der Waals surface area contributed by atoms with Crippen molar-refractivity contribution < 1.29 is 0 Å². The van der Waals surface area contributed by atoms with Gasteiger partial charge in [0.05, 0.1) is 11.0 Å². The van der Waals surface area contributed by atoms with E-state index in [9.17, 15) is 0 Å². The first-order chi connectivity index (χ1) is 7.87. The van der Waals surface area contributed by atoms with E-state index in [0.717, 1.165) is 24.0 Å². The smallest absolute Gasteiger partial charge is 0.201 e. The average molecular weight is 231 g/mol. The molecule has 3 heteroatoms. The van der Waals surface area contributed by atoms with E-state index in [4.69, 9.17) is 5.73 Å². The molecule has 0 aliphatic carbocycles. The van der Waals surface area contributed by atoms with Gasteiger partial charge in [0.2, 0.25) is 5.95 Å². The molecule has 2 aromatic rings. The molecule has 0 unspecified atom stereocenters. The summed E-state index contributed by atoms with van der Waals surface area (Å²) in [5.74, 6) is 0.620. The number of imidazole rings is 1. The molecule has 0 saturated heterocycles. The second kappa shape index (κ2) is 4.06. The largest absolute Gasteiger partial charge is 0.369 e. The number of anilines is 1. The van der Waals surface area contributed by atoms with Crippen LogP contribution in [0.1, 0.15) is 32.8 Å². The van der Waals surface area contributed by atoms with Crippen LogP contribution < -0.4 is 5.73 Å². The van der Waals surface area contributed by atoms with Crippen molar-refractivity contribution in [3.63, 3.8) is 0 Å². The number of rotatable bonds is 2. The predicted molar refractivity (Wildman–Crippen MR) is 73.0 cm³/mol. The highest BCUT2D eigenvalue weighted by molar-refractivity contribution is 5.79. The minimum Gasteiger partial charge on any atom is -0.369 e. The predicted octanol–water partition coefficient (Wildman–Crippen LogP) is 3.36. The summed E-state index contributed by atoms with van der Waals surface area (Å²) < 4.78 is 2.12. The van der Waals surface area contributed by atoms with Gasteiger partial charge in [-0.15, -0.1) is 0 Å². The van der Waals surface area contributed by atoms with E-state index in [1.54, 1.807) is 0 Å². The van der Waals surface area contributed by atoms with Gasteiger partial charge >= 0.3 is 0 Å². The Morgan fingerprint density at radius 2 is 2.00 bits per heavy atom. The van der Waals surface area contributed by atoms with Gasteiger partial charge < -0.3 is 10.3 Å². The van der Waals surface area contributed by atoms with Gasteiger partial charge in [0.15, 0.2) is 0 Å². The molecule has 0 atom stereocenters. The molecule has 17 heavy (non-hydrogen) atoms. The number of aromatic nitrogens is 2. The molecule has 0 aliphatic rings. The van der Waals surface area contributed by atoms with Gasteiger partial charge in [-0.25, -0.2) is 4.98 Å². The molecule has 2 N–H and O–H groups in total. The molecule has 0 radical (unpaired) electrons. The number of hydrogen-bond donors (Lipinski definition) is 1. The Hall–Kier alpha value is -1.51. The van der Waals surface area contributed by atoms with E-state index < -0.39 is 0 Å². The Bertz CT molecular complexity index is 532. The zero-order valence-electron chi connectivity index (χ0n) is 11.1. The molecule has 1 aromatic heterocycles. The lowest BCUT2D eigenvalue weighted by Gasteiger charge is -2.18. The lowest BCUT2D eigenvalue weighted by molar-refractivity contribution is 0.354. The Morgan fingerprint density at radius 3 is 2.65 bits per heavy atom. The number of nitrogens with zero attached hydrogens (tertiary/aromatic N) is 2. The molecule has 0 saturated carbocycles. The fraction of sp³-hybridized carbons (Fsp3) is 0.500. The van der Waals surface area contributed by atoms with Crippen LogP contribution in [0.25, 0.3) is 11.0 Å². The van der Waals surface area contributed by atoms with Crippen molar-refractivity contribution in [3.05, 3.63) is 23.8 Å². The molecule has 1 aromatic carbocycles. The van der Waals surface area contributed by atoms with E-state index >= 15 is 0 Å². The number of aryl methyl sites for hydroxylation is 2. The molecule has 0 bridgehead atoms. The molecule has 3 nitrogen and oxygen atoms in total. The SMILES string of the molecule is Cc1ccc2nc(N)n(CCC(C)(C)C)c2c1. The normalized spacial score (nSPS) is 12.2. The van der Waals surface area contributed by atoms with Gasteiger partial charge in [-0.3, -0.25) is 0 Å². The van der Waals surface area contributed by atoms with Crippen LogP contribution >= 0.6 is 0 Å². The fourth-order valence-electron chi connectivity index (χ4n) is 1.93. The molecule has 0 amide bonds. The first-order valence-corrected chi connectivity index (χ1v) is 6.09. The summed E-state index contributed by atoms with van der Waals surface area (Å²) in [5.41, 5.74) is 9.67. The van der Waals surface area contributed by atoms with Crippen molar-refractivity contribution in [3.8, 4) is 0 Å². The highest BCUT2D eigenvalue weighted by atomic mass is 15.1. The van der Waals surface area contributed by atoms with Crippen LogP contribution in [-0.4, -0.2) is 9.55 Å². The zero-order valence-corrected chi connectivity index (χ0v) is 11.1. The maximum atomic E-state index is 5.98. The van der Waals surface area contributed by atoms with Crippen molar-refractivity contribution >= 4 is 17.0 Å². The number of nitrogen functional groups attached to an aromatic ring is 1. The standard InChI is InChI=1S/C14H21N3/c1-10-5-6-11-12(9-10)17(13(15)16-11)8-7-14(2,3)4/h5-6,9H,7-8H2,1-4H3,(H2,15,16). The van der Waals surface area contributed by atoms with E-state index in [0.29, 0.717) is 11.4 Å². The van der Waals surface area contributed by atoms with Gasteiger partial charge in [-0.05, 0) is 36.5 Å². The van der Waals surface area contributed by atoms with Crippen LogP contribution in [0.3, 0.4) is 0 Å². The summed E-state index contributed by atoms with van der Waals surface area (Å²) in [6.45, 7) is 9.75.